The molecular formula is C18H19NO3. The lowest BCUT2D eigenvalue weighted by Crippen LogP contribution is -2.06. The molecular weight excluding hydrogens is 278 g/mol. The van der Waals surface area contributed by atoms with Crippen molar-refractivity contribution in [2.45, 2.75) is 12.5 Å². The SMILES string of the molecule is C=C(C#N)CC=Cc1ccccc1.C=CC(=O)OCC1CO1. The molecule has 0 amide bonds. The summed E-state index contributed by atoms with van der Waals surface area (Å²) in [6.07, 6.45) is 5.85. The summed E-state index contributed by atoms with van der Waals surface area (Å²) in [4.78, 5) is 10.3. The first-order chi connectivity index (χ1) is 10.7. The fourth-order valence-corrected chi connectivity index (χ4v) is 1.35. The van der Waals surface area contributed by atoms with Gasteiger partial charge in [0.25, 0.3) is 0 Å². The number of hydrogen-bond donors (Lipinski definition) is 0. The average Bonchev–Trinajstić information content (AvgIpc) is 3.38. The number of hydrogen-bond acceptors (Lipinski definition) is 4. The molecule has 4 nitrogen and oxygen atoms in total. The lowest BCUT2D eigenvalue weighted by molar-refractivity contribution is -0.138. The normalized spacial score (nSPS) is 15.1. The van der Waals surface area contributed by atoms with E-state index in [1.165, 1.54) is 0 Å². The second-order valence-electron chi connectivity index (χ2n) is 4.52. The summed E-state index contributed by atoms with van der Waals surface area (Å²) >= 11 is 0. The molecule has 0 saturated carbocycles. The van der Waals surface area contributed by atoms with Crippen molar-refractivity contribution in [2.24, 2.45) is 0 Å². The van der Waals surface area contributed by atoms with Gasteiger partial charge in [0.1, 0.15) is 12.7 Å². The Hall–Kier alpha value is -2.64. The summed E-state index contributed by atoms with van der Waals surface area (Å²) in [6.45, 7) is 7.91. The zero-order valence-corrected chi connectivity index (χ0v) is 12.4. The number of carbonyl (C=O) groups excluding carboxylic acids is 1. The quantitative estimate of drug-likeness (QED) is 0.350. The minimum atomic E-state index is -0.384. The molecule has 2 rings (SSSR count). The number of nitriles is 1. The molecule has 1 heterocycles. The summed E-state index contributed by atoms with van der Waals surface area (Å²) < 4.78 is 9.42. The maximum Gasteiger partial charge on any atom is 0.330 e. The number of esters is 1. The van der Waals surface area contributed by atoms with Crippen LogP contribution in [0.1, 0.15) is 12.0 Å². The van der Waals surface area contributed by atoms with Crippen LogP contribution in [-0.2, 0) is 14.3 Å². The topological polar surface area (TPSA) is 62.6 Å². The second kappa shape index (κ2) is 10.1. The van der Waals surface area contributed by atoms with Gasteiger partial charge in [-0.3, -0.25) is 0 Å². The molecule has 0 radical (unpaired) electrons. The van der Waals surface area contributed by atoms with Crippen LogP contribution in [0.25, 0.3) is 6.08 Å². The Labute approximate surface area is 131 Å². The van der Waals surface area contributed by atoms with Crippen molar-refractivity contribution in [3.63, 3.8) is 0 Å². The maximum absolute atomic E-state index is 10.3. The Morgan fingerprint density at radius 3 is 2.68 bits per heavy atom. The Morgan fingerprint density at radius 1 is 1.45 bits per heavy atom. The van der Waals surface area contributed by atoms with Crippen LogP contribution < -0.4 is 0 Å². The molecule has 0 spiro atoms. The highest BCUT2D eigenvalue weighted by molar-refractivity contribution is 5.81. The van der Waals surface area contributed by atoms with Gasteiger partial charge in [-0.1, -0.05) is 55.6 Å². The third kappa shape index (κ3) is 8.51. The Bertz CT molecular complexity index is 566. The van der Waals surface area contributed by atoms with E-state index in [0.717, 1.165) is 11.6 Å². The third-order valence-electron chi connectivity index (χ3n) is 2.61. The molecule has 1 fully saturated rings. The largest absolute Gasteiger partial charge is 0.460 e. The van der Waals surface area contributed by atoms with Crippen LogP contribution in [0.5, 0.6) is 0 Å². The summed E-state index contributed by atoms with van der Waals surface area (Å²) in [5.74, 6) is -0.384. The minimum absolute atomic E-state index is 0.147. The lowest BCUT2D eigenvalue weighted by atomic mass is 10.1. The maximum atomic E-state index is 10.3. The number of ether oxygens (including phenoxy) is 2. The molecule has 1 atom stereocenters. The van der Waals surface area contributed by atoms with E-state index in [1.807, 2.05) is 48.6 Å². The third-order valence-corrected chi connectivity index (χ3v) is 2.61. The minimum Gasteiger partial charge on any atom is -0.460 e. The van der Waals surface area contributed by atoms with Crippen molar-refractivity contribution in [2.75, 3.05) is 13.2 Å². The molecule has 1 aliphatic rings. The van der Waals surface area contributed by atoms with Gasteiger partial charge in [-0.15, -0.1) is 0 Å². The average molecular weight is 297 g/mol. The lowest BCUT2D eigenvalue weighted by Gasteiger charge is -1.94. The van der Waals surface area contributed by atoms with Gasteiger partial charge in [0, 0.05) is 18.1 Å². The van der Waals surface area contributed by atoms with Crippen molar-refractivity contribution in [1.29, 1.82) is 5.26 Å². The second-order valence-corrected chi connectivity index (χ2v) is 4.52. The standard InChI is InChI=1S/C12H11N.C6H8O3/c1-11(10-13)6-5-9-12-7-3-2-4-8-12;1-2-6(7)9-4-5-3-8-5/h2-5,7-9H,1,6H2;2,5H,1,3-4H2. The first-order valence-corrected chi connectivity index (χ1v) is 6.86. The number of carbonyl (C=O) groups is 1. The highest BCUT2D eigenvalue weighted by Crippen LogP contribution is 2.08. The van der Waals surface area contributed by atoms with Crippen LogP contribution >= 0.6 is 0 Å². The molecule has 22 heavy (non-hydrogen) atoms. The molecule has 0 aromatic heterocycles. The number of benzene rings is 1. The van der Waals surface area contributed by atoms with E-state index in [4.69, 9.17) is 10.00 Å². The van der Waals surface area contributed by atoms with E-state index in [0.29, 0.717) is 25.2 Å². The van der Waals surface area contributed by atoms with Gasteiger partial charge in [-0.25, -0.2) is 4.79 Å². The van der Waals surface area contributed by atoms with Gasteiger partial charge in [0.2, 0.25) is 0 Å². The van der Waals surface area contributed by atoms with Crippen LogP contribution in [0.4, 0.5) is 0 Å². The van der Waals surface area contributed by atoms with Crippen molar-refractivity contribution in [3.8, 4) is 6.07 Å². The van der Waals surface area contributed by atoms with Gasteiger partial charge in [0.15, 0.2) is 0 Å². The Kier molecular flexibility index (Phi) is 8.02. The summed E-state index contributed by atoms with van der Waals surface area (Å²) in [5.41, 5.74) is 1.74. The smallest absolute Gasteiger partial charge is 0.330 e. The number of rotatable bonds is 6. The van der Waals surface area contributed by atoms with Crippen LogP contribution in [-0.4, -0.2) is 25.3 Å². The Morgan fingerprint density at radius 2 is 2.14 bits per heavy atom. The molecule has 1 unspecified atom stereocenters. The highest BCUT2D eigenvalue weighted by Gasteiger charge is 2.23. The molecule has 4 heteroatoms. The zero-order valence-electron chi connectivity index (χ0n) is 12.4. The van der Waals surface area contributed by atoms with E-state index >= 15 is 0 Å². The highest BCUT2D eigenvalue weighted by atomic mass is 16.6. The number of epoxide rings is 1. The summed E-state index contributed by atoms with van der Waals surface area (Å²) in [7, 11) is 0. The van der Waals surface area contributed by atoms with E-state index in [1.54, 1.807) is 0 Å². The molecule has 0 bridgehead atoms. The zero-order chi connectivity index (χ0) is 16.2. The molecule has 114 valence electrons. The van der Waals surface area contributed by atoms with E-state index in [2.05, 4.69) is 17.9 Å². The van der Waals surface area contributed by atoms with Gasteiger partial charge in [0.05, 0.1) is 12.7 Å². The van der Waals surface area contributed by atoms with Crippen molar-refractivity contribution >= 4 is 12.0 Å². The predicted octanol–water partition coefficient (Wildman–Crippen LogP) is 3.28. The first kappa shape index (κ1) is 17.4. The van der Waals surface area contributed by atoms with Gasteiger partial charge < -0.3 is 9.47 Å². The summed E-state index contributed by atoms with van der Waals surface area (Å²) in [5, 5.41) is 8.45. The van der Waals surface area contributed by atoms with Crippen LogP contribution in [0.3, 0.4) is 0 Å². The molecule has 0 aliphatic carbocycles. The number of allylic oxidation sites excluding steroid dienone is 2. The molecule has 1 aromatic rings. The van der Waals surface area contributed by atoms with E-state index in [-0.39, 0.29) is 12.1 Å². The van der Waals surface area contributed by atoms with Crippen molar-refractivity contribution in [3.05, 3.63) is 66.8 Å². The van der Waals surface area contributed by atoms with Crippen LogP contribution in [0, 0.1) is 11.3 Å². The van der Waals surface area contributed by atoms with Gasteiger partial charge in [-0.2, -0.15) is 5.26 Å². The van der Waals surface area contributed by atoms with Crippen molar-refractivity contribution < 1.29 is 14.3 Å². The van der Waals surface area contributed by atoms with Crippen LogP contribution in [0.15, 0.2) is 61.2 Å². The van der Waals surface area contributed by atoms with E-state index < -0.39 is 0 Å². The fraction of sp³-hybridized carbons (Fsp3) is 0.222. The first-order valence-electron chi connectivity index (χ1n) is 6.86. The monoisotopic (exact) mass is 297 g/mol. The molecule has 1 aliphatic heterocycles. The predicted molar refractivity (Wildman–Crippen MR) is 85.7 cm³/mol. The number of nitrogens with zero attached hydrogens (tertiary/aromatic N) is 1. The molecule has 1 aromatic carbocycles. The molecule has 0 N–H and O–H groups in total. The van der Waals surface area contributed by atoms with Crippen LogP contribution in [0.2, 0.25) is 0 Å². The Balaban J connectivity index is 0.000000235. The fourth-order valence-electron chi connectivity index (χ4n) is 1.35. The van der Waals surface area contributed by atoms with Gasteiger partial charge in [-0.05, 0) is 5.56 Å². The summed E-state index contributed by atoms with van der Waals surface area (Å²) in [6, 6.07) is 12.0. The van der Waals surface area contributed by atoms with E-state index in [9.17, 15) is 4.79 Å². The van der Waals surface area contributed by atoms with Crippen molar-refractivity contribution in [1.82, 2.24) is 0 Å². The molecule has 1 saturated heterocycles. The van der Waals surface area contributed by atoms with Gasteiger partial charge >= 0.3 is 5.97 Å².